The van der Waals surface area contributed by atoms with E-state index in [4.69, 9.17) is 4.74 Å². The maximum absolute atomic E-state index is 13.1. The lowest BCUT2D eigenvalue weighted by atomic mass is 10.2. The zero-order valence-corrected chi connectivity index (χ0v) is 15.3. The third-order valence-electron chi connectivity index (χ3n) is 4.57. The van der Waals surface area contributed by atoms with Crippen LogP contribution in [0.2, 0.25) is 0 Å². The Morgan fingerprint density at radius 3 is 2.41 bits per heavy atom. The van der Waals surface area contributed by atoms with Crippen molar-refractivity contribution in [3.8, 4) is 11.6 Å². The van der Waals surface area contributed by atoms with Crippen LogP contribution in [0.3, 0.4) is 0 Å². The first kappa shape index (κ1) is 18.5. The van der Waals surface area contributed by atoms with Gasteiger partial charge < -0.3 is 14.5 Å². The zero-order valence-electron chi connectivity index (χ0n) is 15.3. The second kappa shape index (κ2) is 8.05. The Balaban J connectivity index is 1.55. The standard InChI is InChI=1S/C19H17FN6O3/c20-14-3-5-15(6-4-14)24-8-10-25(11-9-24)18-17(26(27)28)19(23-13-22-18)29-16-2-1-7-21-12-16/h1-7,12-13H,8-11H2. The molecular formula is C19H17FN6O3. The fourth-order valence-electron chi connectivity index (χ4n) is 3.17. The van der Waals surface area contributed by atoms with Crippen LogP contribution in [0.25, 0.3) is 0 Å². The van der Waals surface area contributed by atoms with E-state index in [0.717, 1.165) is 5.69 Å². The van der Waals surface area contributed by atoms with Gasteiger partial charge >= 0.3 is 11.6 Å². The predicted octanol–water partition coefficient (Wildman–Crippen LogP) is 3.04. The molecule has 1 aromatic carbocycles. The van der Waals surface area contributed by atoms with Gasteiger partial charge in [0.05, 0.1) is 11.1 Å². The van der Waals surface area contributed by atoms with E-state index in [1.54, 1.807) is 30.5 Å². The van der Waals surface area contributed by atoms with Gasteiger partial charge in [0.15, 0.2) is 0 Å². The normalized spacial score (nSPS) is 14.0. The van der Waals surface area contributed by atoms with Crippen LogP contribution in [0.1, 0.15) is 0 Å². The molecule has 9 nitrogen and oxygen atoms in total. The molecule has 1 saturated heterocycles. The summed E-state index contributed by atoms with van der Waals surface area (Å²) in [5.41, 5.74) is 0.621. The van der Waals surface area contributed by atoms with E-state index in [9.17, 15) is 14.5 Å². The highest BCUT2D eigenvalue weighted by molar-refractivity contribution is 5.64. The lowest BCUT2D eigenvalue weighted by molar-refractivity contribution is -0.385. The molecule has 0 atom stereocenters. The summed E-state index contributed by atoms with van der Waals surface area (Å²) in [7, 11) is 0. The van der Waals surface area contributed by atoms with Gasteiger partial charge in [-0.25, -0.2) is 9.37 Å². The number of aromatic nitrogens is 3. The minimum absolute atomic E-state index is 0.131. The van der Waals surface area contributed by atoms with Crippen LogP contribution in [-0.4, -0.2) is 46.1 Å². The molecule has 0 unspecified atom stereocenters. The summed E-state index contributed by atoms with van der Waals surface area (Å²) in [4.78, 5) is 27.2. The van der Waals surface area contributed by atoms with Crippen LogP contribution >= 0.6 is 0 Å². The Bertz CT molecular complexity index is 995. The molecule has 0 saturated carbocycles. The van der Waals surface area contributed by atoms with E-state index in [-0.39, 0.29) is 23.2 Å². The smallest absolute Gasteiger partial charge is 0.373 e. The quantitative estimate of drug-likeness (QED) is 0.479. The molecule has 10 heteroatoms. The molecule has 1 aliphatic rings. The van der Waals surface area contributed by atoms with Crippen molar-refractivity contribution in [1.29, 1.82) is 0 Å². The SMILES string of the molecule is O=[N+]([O-])c1c(Oc2cccnc2)ncnc1N1CCN(c2ccc(F)cc2)CC1. The van der Waals surface area contributed by atoms with E-state index in [1.807, 2.05) is 4.90 Å². The van der Waals surface area contributed by atoms with Gasteiger partial charge in [0.25, 0.3) is 0 Å². The first-order valence-electron chi connectivity index (χ1n) is 8.94. The zero-order chi connectivity index (χ0) is 20.2. The van der Waals surface area contributed by atoms with Crippen molar-refractivity contribution in [3.05, 3.63) is 71.1 Å². The minimum atomic E-state index is -0.534. The van der Waals surface area contributed by atoms with Crippen molar-refractivity contribution in [2.45, 2.75) is 0 Å². The minimum Gasteiger partial charge on any atom is -0.432 e. The van der Waals surface area contributed by atoms with Crippen LogP contribution in [0, 0.1) is 15.9 Å². The predicted molar refractivity (Wildman–Crippen MR) is 104 cm³/mol. The largest absolute Gasteiger partial charge is 0.432 e. The van der Waals surface area contributed by atoms with E-state index in [2.05, 4.69) is 19.9 Å². The Hall–Kier alpha value is -3.82. The van der Waals surface area contributed by atoms with Crippen molar-refractivity contribution in [3.63, 3.8) is 0 Å². The number of pyridine rings is 1. The van der Waals surface area contributed by atoms with Crippen LogP contribution in [0.5, 0.6) is 11.6 Å². The molecule has 0 N–H and O–H groups in total. The van der Waals surface area contributed by atoms with Crippen molar-refractivity contribution in [2.24, 2.45) is 0 Å². The van der Waals surface area contributed by atoms with Crippen molar-refractivity contribution >= 4 is 17.2 Å². The Morgan fingerprint density at radius 1 is 1.03 bits per heavy atom. The van der Waals surface area contributed by atoms with E-state index < -0.39 is 4.92 Å². The highest BCUT2D eigenvalue weighted by Gasteiger charge is 2.30. The Kier molecular flexibility index (Phi) is 5.14. The summed E-state index contributed by atoms with van der Waals surface area (Å²) < 4.78 is 18.7. The number of halogens is 1. The highest BCUT2D eigenvalue weighted by Crippen LogP contribution is 2.36. The average molecular weight is 396 g/mol. The van der Waals surface area contributed by atoms with Crippen LogP contribution in [-0.2, 0) is 0 Å². The van der Waals surface area contributed by atoms with Gasteiger partial charge in [-0.05, 0) is 36.4 Å². The number of rotatable bonds is 5. The average Bonchev–Trinajstić information content (AvgIpc) is 2.75. The Labute approximate surface area is 165 Å². The second-order valence-electron chi connectivity index (χ2n) is 6.35. The summed E-state index contributed by atoms with van der Waals surface area (Å²) in [5, 5.41) is 11.8. The van der Waals surface area contributed by atoms with E-state index >= 15 is 0 Å². The Morgan fingerprint density at radius 2 is 1.76 bits per heavy atom. The maximum Gasteiger partial charge on any atom is 0.373 e. The van der Waals surface area contributed by atoms with Gasteiger partial charge in [-0.15, -0.1) is 0 Å². The van der Waals surface area contributed by atoms with Gasteiger partial charge in [0.1, 0.15) is 17.9 Å². The molecule has 4 rings (SSSR count). The lowest BCUT2D eigenvalue weighted by Gasteiger charge is -2.36. The fourth-order valence-corrected chi connectivity index (χ4v) is 3.17. The molecule has 1 aliphatic heterocycles. The fraction of sp³-hybridized carbons (Fsp3) is 0.211. The van der Waals surface area contributed by atoms with Crippen LogP contribution < -0.4 is 14.5 Å². The second-order valence-corrected chi connectivity index (χ2v) is 6.35. The summed E-state index contributed by atoms with van der Waals surface area (Å²) in [6.45, 7) is 2.26. The van der Waals surface area contributed by atoms with Gasteiger partial charge in [0, 0.05) is 38.1 Å². The van der Waals surface area contributed by atoms with Crippen molar-refractivity contribution in [2.75, 3.05) is 36.0 Å². The van der Waals surface area contributed by atoms with Gasteiger partial charge in [0.2, 0.25) is 5.82 Å². The molecule has 3 heterocycles. The topological polar surface area (TPSA) is 97.5 Å². The van der Waals surface area contributed by atoms with Crippen molar-refractivity contribution in [1.82, 2.24) is 15.0 Å². The number of anilines is 2. The number of nitro groups is 1. The molecular weight excluding hydrogens is 379 g/mol. The molecule has 3 aromatic rings. The maximum atomic E-state index is 13.1. The highest BCUT2D eigenvalue weighted by atomic mass is 19.1. The van der Waals surface area contributed by atoms with Crippen LogP contribution in [0.15, 0.2) is 55.1 Å². The summed E-state index contributed by atoms with van der Waals surface area (Å²) >= 11 is 0. The van der Waals surface area contributed by atoms with Gasteiger partial charge in [-0.2, -0.15) is 4.98 Å². The molecule has 2 aromatic heterocycles. The molecule has 29 heavy (non-hydrogen) atoms. The lowest BCUT2D eigenvalue weighted by Crippen LogP contribution is -2.47. The summed E-state index contributed by atoms with van der Waals surface area (Å²) in [6.07, 6.45) is 4.28. The van der Waals surface area contributed by atoms with Gasteiger partial charge in [-0.3, -0.25) is 15.1 Å². The van der Waals surface area contributed by atoms with Crippen LogP contribution in [0.4, 0.5) is 21.6 Å². The summed E-state index contributed by atoms with van der Waals surface area (Å²) in [6, 6.07) is 9.58. The summed E-state index contributed by atoms with van der Waals surface area (Å²) in [5.74, 6) is 0.142. The molecule has 148 valence electrons. The first-order valence-corrected chi connectivity index (χ1v) is 8.94. The molecule has 1 fully saturated rings. The first-order chi connectivity index (χ1) is 14.1. The van der Waals surface area contributed by atoms with Crippen molar-refractivity contribution < 1.29 is 14.1 Å². The third-order valence-corrected chi connectivity index (χ3v) is 4.57. The molecule has 0 spiro atoms. The van der Waals surface area contributed by atoms with Gasteiger partial charge in [-0.1, -0.05) is 0 Å². The number of nitrogens with zero attached hydrogens (tertiary/aromatic N) is 6. The number of hydrogen-bond donors (Lipinski definition) is 0. The van der Waals surface area contributed by atoms with E-state index in [0.29, 0.717) is 31.9 Å². The molecule has 0 amide bonds. The number of ether oxygens (including phenoxy) is 1. The number of benzene rings is 1. The third kappa shape index (κ3) is 4.05. The monoisotopic (exact) mass is 396 g/mol. The number of hydrogen-bond acceptors (Lipinski definition) is 8. The number of piperazine rings is 1. The molecule has 0 aliphatic carbocycles. The molecule has 0 bridgehead atoms. The molecule has 0 radical (unpaired) electrons. The van der Waals surface area contributed by atoms with E-state index in [1.165, 1.54) is 24.7 Å².